The van der Waals surface area contributed by atoms with Gasteiger partial charge in [0.1, 0.15) is 17.8 Å². The van der Waals surface area contributed by atoms with Gasteiger partial charge in [-0.2, -0.15) is 9.97 Å². The minimum Gasteiger partial charge on any atom is -0.394 e. The van der Waals surface area contributed by atoms with Crippen molar-refractivity contribution in [2.45, 2.75) is 24.9 Å². The average molecular weight is 286 g/mol. The van der Waals surface area contributed by atoms with Crippen LogP contribution in [0.5, 0.6) is 0 Å². The van der Waals surface area contributed by atoms with E-state index >= 15 is 0 Å². The van der Waals surface area contributed by atoms with Crippen molar-refractivity contribution >= 4 is 28.7 Å². The Labute approximate surface area is 112 Å². The molecule has 19 heavy (non-hydrogen) atoms. The fourth-order valence-corrected chi connectivity index (χ4v) is 2.38. The third-order valence-electron chi connectivity index (χ3n) is 3.09. The number of rotatable bonds is 2. The third kappa shape index (κ3) is 2.02. The van der Waals surface area contributed by atoms with Gasteiger partial charge in [-0.15, -0.1) is 0 Å². The maximum Gasteiger partial charge on any atom is 0.223 e. The summed E-state index contributed by atoms with van der Waals surface area (Å²) in [4.78, 5) is 12.0. The van der Waals surface area contributed by atoms with Crippen molar-refractivity contribution in [3.05, 3.63) is 11.5 Å². The van der Waals surface area contributed by atoms with Crippen molar-refractivity contribution in [3.63, 3.8) is 0 Å². The number of aliphatic hydroxyl groups is 2. The van der Waals surface area contributed by atoms with Gasteiger partial charge in [-0.05, 0) is 0 Å². The smallest absolute Gasteiger partial charge is 0.223 e. The lowest BCUT2D eigenvalue weighted by atomic mass is 10.2. The highest BCUT2D eigenvalue weighted by molar-refractivity contribution is 6.33. The number of nitrogens with zero attached hydrogens (tertiary/aromatic N) is 4. The van der Waals surface area contributed by atoms with Crippen molar-refractivity contribution in [2.24, 2.45) is 0 Å². The minimum atomic E-state index is -0.734. The average Bonchev–Trinajstić information content (AvgIpc) is 2.92. The van der Waals surface area contributed by atoms with E-state index in [1.165, 1.54) is 6.33 Å². The molecule has 0 unspecified atom stereocenters. The Morgan fingerprint density at radius 1 is 1.53 bits per heavy atom. The quantitative estimate of drug-likeness (QED) is 0.648. The van der Waals surface area contributed by atoms with Gasteiger partial charge in [0.05, 0.1) is 19.0 Å². The number of hydrogen-bond donors (Lipinski definition) is 3. The van der Waals surface area contributed by atoms with Crippen LogP contribution in [0.25, 0.3) is 11.2 Å². The van der Waals surface area contributed by atoms with E-state index in [9.17, 15) is 5.11 Å². The molecule has 0 aromatic carbocycles. The van der Waals surface area contributed by atoms with Crippen molar-refractivity contribution in [3.8, 4) is 0 Å². The van der Waals surface area contributed by atoms with E-state index in [1.54, 1.807) is 4.57 Å². The van der Waals surface area contributed by atoms with Crippen molar-refractivity contribution in [2.75, 3.05) is 12.3 Å². The first kappa shape index (κ1) is 12.5. The molecule has 1 aliphatic heterocycles. The molecule has 3 heterocycles. The van der Waals surface area contributed by atoms with E-state index in [4.69, 9.17) is 27.2 Å². The normalized spacial score (nSPS) is 27.2. The van der Waals surface area contributed by atoms with E-state index in [0.29, 0.717) is 17.6 Å². The summed E-state index contributed by atoms with van der Waals surface area (Å²) in [7, 11) is 0. The number of halogens is 1. The molecular weight excluding hydrogens is 274 g/mol. The Bertz CT molecular complexity index is 618. The van der Waals surface area contributed by atoms with Gasteiger partial charge in [0.15, 0.2) is 10.8 Å². The molecule has 8 nitrogen and oxygen atoms in total. The second kappa shape index (κ2) is 4.57. The standard InChI is InChI=1S/C10H12ClN5O3/c11-8-7-9(15-10(12)14-8)16(3-13-7)6-1-4(18)5(2-17)19-6/h3-6,17-18H,1-2H2,(H2,12,14,15)/t4-,5+,6+/m0/s1. The zero-order valence-corrected chi connectivity index (χ0v) is 10.5. The highest BCUT2D eigenvalue weighted by Crippen LogP contribution is 2.31. The van der Waals surface area contributed by atoms with Crippen LogP contribution in [0.4, 0.5) is 5.95 Å². The van der Waals surface area contributed by atoms with Crippen LogP contribution in [-0.2, 0) is 4.74 Å². The molecule has 4 N–H and O–H groups in total. The number of imidazole rings is 1. The molecule has 1 fully saturated rings. The molecule has 0 spiro atoms. The summed E-state index contributed by atoms with van der Waals surface area (Å²) in [5.41, 5.74) is 6.41. The van der Waals surface area contributed by atoms with Crippen molar-refractivity contribution in [1.29, 1.82) is 0 Å². The number of ether oxygens (including phenoxy) is 1. The largest absolute Gasteiger partial charge is 0.394 e. The van der Waals surface area contributed by atoms with Gasteiger partial charge in [-0.3, -0.25) is 4.57 Å². The summed E-state index contributed by atoms with van der Waals surface area (Å²) in [6.07, 6.45) is 0.0155. The Morgan fingerprint density at radius 3 is 3.00 bits per heavy atom. The summed E-state index contributed by atoms with van der Waals surface area (Å²) < 4.78 is 7.16. The zero-order valence-electron chi connectivity index (χ0n) is 9.77. The first-order valence-electron chi connectivity index (χ1n) is 5.70. The molecular formula is C10H12ClN5O3. The highest BCUT2D eigenvalue weighted by Gasteiger charge is 2.35. The Hall–Kier alpha value is -1.48. The molecule has 0 bridgehead atoms. The van der Waals surface area contributed by atoms with E-state index in [1.807, 2.05) is 0 Å². The molecule has 3 rings (SSSR count). The van der Waals surface area contributed by atoms with Crippen LogP contribution in [0.1, 0.15) is 12.6 Å². The Morgan fingerprint density at radius 2 is 2.32 bits per heavy atom. The molecule has 1 aliphatic rings. The Balaban J connectivity index is 2.02. The topological polar surface area (TPSA) is 119 Å². The maximum absolute atomic E-state index is 9.74. The number of fused-ring (bicyclic) bond motifs is 1. The number of aliphatic hydroxyl groups excluding tert-OH is 2. The van der Waals surface area contributed by atoms with Gasteiger partial charge in [0, 0.05) is 6.42 Å². The summed E-state index contributed by atoms with van der Waals surface area (Å²) >= 11 is 5.93. The molecule has 2 aromatic heterocycles. The molecule has 1 saturated heterocycles. The van der Waals surface area contributed by atoms with E-state index in [-0.39, 0.29) is 17.7 Å². The van der Waals surface area contributed by atoms with Gasteiger partial charge in [0.2, 0.25) is 5.95 Å². The molecule has 0 amide bonds. The summed E-state index contributed by atoms with van der Waals surface area (Å²) in [5.74, 6) is 0.0384. The lowest BCUT2D eigenvalue weighted by Crippen LogP contribution is -2.24. The van der Waals surface area contributed by atoms with Gasteiger partial charge in [-0.1, -0.05) is 11.6 Å². The second-order valence-electron chi connectivity index (χ2n) is 4.31. The number of nitrogen functional groups attached to an aromatic ring is 1. The maximum atomic E-state index is 9.74. The molecule has 0 aliphatic carbocycles. The highest BCUT2D eigenvalue weighted by atomic mass is 35.5. The molecule has 0 saturated carbocycles. The summed E-state index contributed by atoms with van der Waals surface area (Å²) in [5, 5.41) is 19.0. The van der Waals surface area contributed by atoms with Gasteiger partial charge >= 0.3 is 0 Å². The van der Waals surface area contributed by atoms with Crippen LogP contribution < -0.4 is 5.73 Å². The predicted octanol–water partition coefficient (Wildman–Crippen LogP) is -0.297. The lowest BCUT2D eigenvalue weighted by Gasteiger charge is -2.13. The minimum absolute atomic E-state index is 0.0384. The van der Waals surface area contributed by atoms with Crippen LogP contribution in [0.3, 0.4) is 0 Å². The molecule has 3 atom stereocenters. The van der Waals surface area contributed by atoms with Crippen LogP contribution in [-0.4, -0.2) is 48.5 Å². The van der Waals surface area contributed by atoms with Crippen LogP contribution in [0, 0.1) is 0 Å². The SMILES string of the molecule is Nc1nc(Cl)c2ncn([C@H]3C[C@H](O)[C@@H](CO)O3)c2n1. The van der Waals surface area contributed by atoms with E-state index in [0.717, 1.165) is 0 Å². The number of aromatic nitrogens is 4. The van der Waals surface area contributed by atoms with Crippen molar-refractivity contribution < 1.29 is 14.9 Å². The second-order valence-corrected chi connectivity index (χ2v) is 4.67. The lowest BCUT2D eigenvalue weighted by molar-refractivity contribution is -0.0432. The number of hydrogen-bond acceptors (Lipinski definition) is 7. The first-order chi connectivity index (χ1) is 9.10. The van der Waals surface area contributed by atoms with Crippen LogP contribution in [0.15, 0.2) is 6.33 Å². The summed E-state index contributed by atoms with van der Waals surface area (Å²) in [6, 6.07) is 0. The first-order valence-corrected chi connectivity index (χ1v) is 6.08. The molecule has 102 valence electrons. The van der Waals surface area contributed by atoms with E-state index in [2.05, 4.69) is 15.0 Å². The summed E-state index contributed by atoms with van der Waals surface area (Å²) in [6.45, 7) is -0.248. The molecule has 0 radical (unpaired) electrons. The van der Waals surface area contributed by atoms with Gasteiger partial charge in [-0.25, -0.2) is 4.98 Å². The van der Waals surface area contributed by atoms with Crippen molar-refractivity contribution in [1.82, 2.24) is 19.5 Å². The fourth-order valence-electron chi connectivity index (χ4n) is 2.16. The Kier molecular flexibility index (Phi) is 3.02. The van der Waals surface area contributed by atoms with Gasteiger partial charge < -0.3 is 20.7 Å². The van der Waals surface area contributed by atoms with Crippen LogP contribution in [0.2, 0.25) is 5.15 Å². The van der Waals surface area contributed by atoms with Crippen LogP contribution >= 0.6 is 11.6 Å². The fraction of sp³-hybridized carbons (Fsp3) is 0.500. The number of nitrogens with two attached hydrogens (primary N) is 1. The van der Waals surface area contributed by atoms with Gasteiger partial charge in [0.25, 0.3) is 0 Å². The third-order valence-corrected chi connectivity index (χ3v) is 3.35. The zero-order chi connectivity index (χ0) is 13.6. The predicted molar refractivity (Wildman–Crippen MR) is 66.4 cm³/mol. The number of anilines is 1. The molecule has 9 heteroatoms. The van der Waals surface area contributed by atoms with E-state index < -0.39 is 18.4 Å². The molecule has 2 aromatic rings. The monoisotopic (exact) mass is 285 g/mol.